The van der Waals surface area contributed by atoms with Crippen LogP contribution in [0.5, 0.6) is 0 Å². The second-order valence-corrected chi connectivity index (χ2v) is 5.53. The van der Waals surface area contributed by atoms with Gasteiger partial charge in [-0.1, -0.05) is 39.0 Å². The van der Waals surface area contributed by atoms with Crippen LogP contribution in [-0.2, 0) is 0 Å². The Morgan fingerprint density at radius 3 is 2.50 bits per heavy atom. The molecule has 0 bridgehead atoms. The van der Waals surface area contributed by atoms with Crippen LogP contribution in [0.4, 0.5) is 5.69 Å². The number of ketones is 1. The van der Waals surface area contributed by atoms with Gasteiger partial charge in [0.1, 0.15) is 0 Å². The lowest BCUT2D eigenvalue weighted by atomic mass is 10.0. The SMILES string of the molecule is CCCCCCCCC(=O)c1ccc(N)cc1Br. The summed E-state index contributed by atoms with van der Waals surface area (Å²) < 4.78 is 0.804. The first-order valence-electron chi connectivity index (χ1n) is 6.73. The van der Waals surface area contributed by atoms with Crippen molar-refractivity contribution in [3.63, 3.8) is 0 Å². The number of carbonyl (C=O) groups excluding carboxylic acids is 1. The molecule has 0 aliphatic heterocycles. The van der Waals surface area contributed by atoms with Crippen molar-refractivity contribution in [3.8, 4) is 0 Å². The molecule has 0 saturated carbocycles. The smallest absolute Gasteiger partial charge is 0.164 e. The number of anilines is 1. The molecule has 18 heavy (non-hydrogen) atoms. The number of halogens is 1. The number of rotatable bonds is 8. The van der Waals surface area contributed by atoms with Crippen molar-refractivity contribution in [3.05, 3.63) is 28.2 Å². The molecule has 1 aromatic rings. The van der Waals surface area contributed by atoms with Gasteiger partial charge in [-0.25, -0.2) is 0 Å². The largest absolute Gasteiger partial charge is 0.399 e. The molecule has 0 atom stereocenters. The topological polar surface area (TPSA) is 43.1 Å². The van der Waals surface area contributed by atoms with Crippen LogP contribution in [0, 0.1) is 0 Å². The molecule has 0 spiro atoms. The quantitative estimate of drug-likeness (QED) is 0.418. The number of nitrogens with two attached hydrogens (primary N) is 1. The van der Waals surface area contributed by atoms with Crippen LogP contribution < -0.4 is 5.73 Å². The molecule has 2 nitrogen and oxygen atoms in total. The summed E-state index contributed by atoms with van der Waals surface area (Å²) in [4.78, 5) is 12.0. The van der Waals surface area contributed by atoms with Gasteiger partial charge in [0.05, 0.1) is 0 Å². The van der Waals surface area contributed by atoms with Crippen LogP contribution >= 0.6 is 15.9 Å². The minimum Gasteiger partial charge on any atom is -0.399 e. The van der Waals surface area contributed by atoms with Crippen molar-refractivity contribution >= 4 is 27.4 Å². The number of carbonyl (C=O) groups is 1. The molecule has 0 saturated heterocycles. The van der Waals surface area contributed by atoms with E-state index in [9.17, 15) is 4.79 Å². The van der Waals surface area contributed by atoms with Crippen molar-refractivity contribution in [2.24, 2.45) is 0 Å². The average Bonchev–Trinajstić information content (AvgIpc) is 2.33. The number of unbranched alkanes of at least 4 members (excludes halogenated alkanes) is 5. The summed E-state index contributed by atoms with van der Waals surface area (Å²) in [7, 11) is 0. The van der Waals surface area contributed by atoms with E-state index in [0.717, 1.165) is 22.9 Å². The Balaban J connectivity index is 2.32. The third-order valence-electron chi connectivity index (χ3n) is 3.05. The Hall–Kier alpha value is -0.830. The van der Waals surface area contributed by atoms with Gasteiger partial charge in [0, 0.05) is 22.1 Å². The highest BCUT2D eigenvalue weighted by Gasteiger charge is 2.09. The predicted molar refractivity (Wildman–Crippen MR) is 80.9 cm³/mol. The first kappa shape index (κ1) is 15.2. The zero-order chi connectivity index (χ0) is 13.4. The maximum Gasteiger partial charge on any atom is 0.164 e. The standard InChI is InChI=1S/C15H22BrNO/c1-2-3-4-5-6-7-8-15(18)13-10-9-12(17)11-14(13)16/h9-11H,2-8,17H2,1H3. The van der Waals surface area contributed by atoms with E-state index in [0.29, 0.717) is 12.1 Å². The highest BCUT2D eigenvalue weighted by atomic mass is 79.9. The van der Waals surface area contributed by atoms with E-state index in [1.54, 1.807) is 18.2 Å². The molecule has 100 valence electrons. The fourth-order valence-corrected chi connectivity index (χ4v) is 2.58. The molecule has 0 amide bonds. The number of Topliss-reactive ketones (excluding diaryl/α,β-unsaturated/α-hetero) is 1. The zero-order valence-electron chi connectivity index (χ0n) is 11.0. The van der Waals surface area contributed by atoms with E-state index in [2.05, 4.69) is 22.9 Å². The number of nitrogen functional groups attached to an aromatic ring is 1. The van der Waals surface area contributed by atoms with Crippen LogP contribution in [0.2, 0.25) is 0 Å². The third kappa shape index (κ3) is 5.21. The zero-order valence-corrected chi connectivity index (χ0v) is 12.6. The number of hydrogen-bond acceptors (Lipinski definition) is 2. The first-order chi connectivity index (χ1) is 8.65. The molecule has 0 fully saturated rings. The highest BCUT2D eigenvalue weighted by Crippen LogP contribution is 2.22. The maximum atomic E-state index is 12.0. The molecular weight excluding hydrogens is 290 g/mol. The van der Waals surface area contributed by atoms with Gasteiger partial charge in [-0.2, -0.15) is 0 Å². The third-order valence-corrected chi connectivity index (χ3v) is 3.71. The molecule has 0 aliphatic rings. The van der Waals surface area contributed by atoms with Gasteiger partial charge < -0.3 is 5.73 Å². The lowest BCUT2D eigenvalue weighted by Crippen LogP contribution is -2.01. The van der Waals surface area contributed by atoms with Crippen molar-refractivity contribution in [2.75, 3.05) is 5.73 Å². The molecule has 0 radical (unpaired) electrons. The maximum absolute atomic E-state index is 12.0. The van der Waals surface area contributed by atoms with Gasteiger partial charge in [0.15, 0.2) is 5.78 Å². The van der Waals surface area contributed by atoms with Crippen LogP contribution in [0.25, 0.3) is 0 Å². The lowest BCUT2D eigenvalue weighted by Gasteiger charge is -2.05. The van der Waals surface area contributed by atoms with Gasteiger partial charge >= 0.3 is 0 Å². The fraction of sp³-hybridized carbons (Fsp3) is 0.533. The summed E-state index contributed by atoms with van der Waals surface area (Å²) in [5, 5.41) is 0. The van der Waals surface area contributed by atoms with E-state index >= 15 is 0 Å². The van der Waals surface area contributed by atoms with Crippen LogP contribution in [0.1, 0.15) is 62.2 Å². The molecule has 2 N–H and O–H groups in total. The van der Waals surface area contributed by atoms with Crippen molar-refractivity contribution < 1.29 is 4.79 Å². The van der Waals surface area contributed by atoms with Gasteiger partial charge in [-0.05, 0) is 40.5 Å². The van der Waals surface area contributed by atoms with Crippen molar-refractivity contribution in [1.82, 2.24) is 0 Å². The monoisotopic (exact) mass is 311 g/mol. The van der Waals surface area contributed by atoms with Gasteiger partial charge in [-0.3, -0.25) is 4.79 Å². The molecule has 3 heteroatoms. The highest BCUT2D eigenvalue weighted by molar-refractivity contribution is 9.10. The second kappa shape index (κ2) is 8.30. The van der Waals surface area contributed by atoms with E-state index in [1.807, 2.05) is 0 Å². The first-order valence-corrected chi connectivity index (χ1v) is 7.52. The average molecular weight is 312 g/mol. The second-order valence-electron chi connectivity index (χ2n) is 4.68. The minimum atomic E-state index is 0.206. The normalized spacial score (nSPS) is 10.6. The molecule has 0 aliphatic carbocycles. The molecule has 1 rings (SSSR count). The van der Waals surface area contributed by atoms with Crippen LogP contribution in [-0.4, -0.2) is 5.78 Å². The minimum absolute atomic E-state index is 0.206. The van der Waals surface area contributed by atoms with E-state index in [4.69, 9.17) is 5.73 Å². The Labute approximate surface area is 118 Å². The predicted octanol–water partition coefficient (Wildman–Crippen LogP) is 4.96. The van der Waals surface area contributed by atoms with Gasteiger partial charge in [0.25, 0.3) is 0 Å². The Morgan fingerprint density at radius 1 is 1.17 bits per heavy atom. The van der Waals surface area contributed by atoms with E-state index in [-0.39, 0.29) is 5.78 Å². The summed E-state index contributed by atoms with van der Waals surface area (Å²) in [5.41, 5.74) is 7.08. The Morgan fingerprint density at radius 2 is 1.83 bits per heavy atom. The molecule has 0 unspecified atom stereocenters. The Kier molecular flexibility index (Phi) is 7.02. The number of benzene rings is 1. The van der Waals surface area contributed by atoms with Crippen LogP contribution in [0.15, 0.2) is 22.7 Å². The summed E-state index contributed by atoms with van der Waals surface area (Å²) in [6.45, 7) is 2.21. The van der Waals surface area contributed by atoms with E-state index < -0.39 is 0 Å². The fourth-order valence-electron chi connectivity index (χ4n) is 1.96. The van der Waals surface area contributed by atoms with Gasteiger partial charge in [-0.15, -0.1) is 0 Å². The summed E-state index contributed by atoms with van der Waals surface area (Å²) in [5.74, 6) is 0.206. The van der Waals surface area contributed by atoms with Crippen molar-refractivity contribution in [2.45, 2.75) is 51.9 Å². The lowest BCUT2D eigenvalue weighted by molar-refractivity contribution is 0.0978. The summed E-state index contributed by atoms with van der Waals surface area (Å²) >= 11 is 3.39. The summed E-state index contributed by atoms with van der Waals surface area (Å²) in [6, 6.07) is 5.37. The summed E-state index contributed by atoms with van der Waals surface area (Å²) in [6.07, 6.45) is 7.86. The molecular formula is C15H22BrNO. The van der Waals surface area contributed by atoms with Gasteiger partial charge in [0.2, 0.25) is 0 Å². The van der Waals surface area contributed by atoms with E-state index in [1.165, 1.54) is 25.7 Å². The molecule has 1 aromatic carbocycles. The molecule has 0 heterocycles. The van der Waals surface area contributed by atoms with Crippen molar-refractivity contribution in [1.29, 1.82) is 0 Å². The Bertz CT molecular complexity index is 390. The molecule has 0 aromatic heterocycles. The van der Waals surface area contributed by atoms with Crippen LogP contribution in [0.3, 0.4) is 0 Å². The number of hydrogen-bond donors (Lipinski definition) is 1.